The fourth-order valence-corrected chi connectivity index (χ4v) is 3.41. The second-order valence-corrected chi connectivity index (χ2v) is 6.18. The van der Waals surface area contributed by atoms with Crippen molar-refractivity contribution in [3.8, 4) is 11.5 Å². The molecule has 5 nitrogen and oxygen atoms in total. The smallest absolute Gasteiger partial charge is 0.323 e. The van der Waals surface area contributed by atoms with E-state index in [0.717, 1.165) is 40.0 Å². The van der Waals surface area contributed by atoms with Gasteiger partial charge in [0.1, 0.15) is 18.0 Å². The Hall–Kier alpha value is -2.79. The lowest BCUT2D eigenvalue weighted by molar-refractivity contribution is -0.135. The Morgan fingerprint density at radius 2 is 1.96 bits per heavy atom. The summed E-state index contributed by atoms with van der Waals surface area (Å²) in [6.07, 6.45) is 0.821. The van der Waals surface area contributed by atoms with Crippen LogP contribution in [-0.4, -0.2) is 29.1 Å². The maximum atomic E-state index is 11.2. The van der Waals surface area contributed by atoms with Crippen LogP contribution in [0.5, 0.6) is 11.5 Å². The van der Waals surface area contributed by atoms with Crippen LogP contribution in [0.2, 0.25) is 0 Å². The number of halogens is 1. The van der Waals surface area contributed by atoms with E-state index in [1.165, 1.54) is 0 Å². The van der Waals surface area contributed by atoms with Gasteiger partial charge in [0, 0.05) is 17.6 Å². The summed E-state index contributed by atoms with van der Waals surface area (Å²) in [4.78, 5) is 17.8. The first kappa shape index (κ1) is 18.0. The predicted octanol–water partition coefficient (Wildman–Crippen LogP) is 4.20. The molecule has 0 bridgehead atoms. The summed E-state index contributed by atoms with van der Waals surface area (Å²) < 4.78 is 5.93. The van der Waals surface area contributed by atoms with Crippen LogP contribution in [0.1, 0.15) is 11.3 Å². The minimum absolute atomic E-state index is 0. The van der Waals surface area contributed by atoms with Gasteiger partial charge < -0.3 is 14.7 Å². The standard InChI is InChI=1S/C20H18N2O3.ClH/c1-13-16-9-10-22(12-19(23)24)20(16)17-11-15(7-8-18(17)21-13)25-14-5-3-2-4-6-14;/h2-8,11H,9-10,12H2,1H3,(H,23,24);1H. The van der Waals surface area contributed by atoms with Gasteiger partial charge in [-0.25, -0.2) is 0 Å². The molecule has 26 heavy (non-hydrogen) atoms. The third kappa shape index (κ3) is 3.30. The second kappa shape index (κ2) is 7.22. The van der Waals surface area contributed by atoms with Crippen LogP contribution in [0.4, 0.5) is 5.69 Å². The number of fused-ring (bicyclic) bond motifs is 3. The highest BCUT2D eigenvalue weighted by atomic mass is 35.5. The third-order valence-electron chi connectivity index (χ3n) is 4.49. The van der Waals surface area contributed by atoms with E-state index in [2.05, 4.69) is 4.98 Å². The molecule has 0 saturated carbocycles. The van der Waals surface area contributed by atoms with Gasteiger partial charge in [0.2, 0.25) is 0 Å². The number of nitrogens with zero attached hydrogens (tertiary/aromatic N) is 2. The zero-order valence-electron chi connectivity index (χ0n) is 14.3. The molecule has 2 aromatic carbocycles. The van der Waals surface area contributed by atoms with E-state index in [0.29, 0.717) is 12.3 Å². The number of aryl methyl sites for hydroxylation is 1. The predicted molar refractivity (Wildman–Crippen MR) is 104 cm³/mol. The molecule has 3 aromatic rings. The average Bonchev–Trinajstić information content (AvgIpc) is 3.00. The molecule has 6 heteroatoms. The lowest BCUT2D eigenvalue weighted by Crippen LogP contribution is -2.27. The third-order valence-corrected chi connectivity index (χ3v) is 4.49. The molecule has 0 fully saturated rings. The molecule has 1 aliphatic heterocycles. The number of anilines is 1. The Balaban J connectivity index is 0.00000196. The maximum absolute atomic E-state index is 11.2. The lowest BCUT2D eigenvalue weighted by Gasteiger charge is -2.19. The number of carboxylic acid groups (broad SMARTS) is 1. The summed E-state index contributed by atoms with van der Waals surface area (Å²) in [5.74, 6) is 0.654. The van der Waals surface area contributed by atoms with Crippen molar-refractivity contribution in [2.75, 3.05) is 18.0 Å². The van der Waals surface area contributed by atoms with E-state index in [1.54, 1.807) is 0 Å². The molecule has 4 rings (SSSR count). The zero-order valence-corrected chi connectivity index (χ0v) is 15.1. The van der Waals surface area contributed by atoms with Crippen LogP contribution in [-0.2, 0) is 11.2 Å². The number of carbonyl (C=O) groups is 1. The van der Waals surface area contributed by atoms with Crippen LogP contribution in [0, 0.1) is 6.92 Å². The van der Waals surface area contributed by atoms with Gasteiger partial charge in [-0.05, 0) is 49.2 Å². The van der Waals surface area contributed by atoms with Crippen molar-refractivity contribution in [3.63, 3.8) is 0 Å². The largest absolute Gasteiger partial charge is 0.480 e. The van der Waals surface area contributed by atoms with Crippen molar-refractivity contribution < 1.29 is 14.6 Å². The van der Waals surface area contributed by atoms with Gasteiger partial charge in [0.15, 0.2) is 0 Å². The molecule has 0 spiro atoms. The van der Waals surface area contributed by atoms with Gasteiger partial charge in [-0.2, -0.15) is 0 Å². The van der Waals surface area contributed by atoms with Crippen LogP contribution in [0.25, 0.3) is 10.9 Å². The van der Waals surface area contributed by atoms with Gasteiger partial charge >= 0.3 is 5.97 Å². The molecule has 0 saturated heterocycles. The Morgan fingerprint density at radius 3 is 2.69 bits per heavy atom. The van der Waals surface area contributed by atoms with Crippen molar-refractivity contribution in [2.45, 2.75) is 13.3 Å². The van der Waals surface area contributed by atoms with E-state index in [-0.39, 0.29) is 19.0 Å². The van der Waals surface area contributed by atoms with Crippen molar-refractivity contribution in [2.24, 2.45) is 0 Å². The number of pyridine rings is 1. The highest BCUT2D eigenvalue weighted by Crippen LogP contribution is 2.38. The van der Waals surface area contributed by atoms with Crippen molar-refractivity contribution >= 4 is 35.0 Å². The van der Waals surface area contributed by atoms with Crippen molar-refractivity contribution in [3.05, 3.63) is 59.8 Å². The minimum Gasteiger partial charge on any atom is -0.480 e. The first-order valence-electron chi connectivity index (χ1n) is 8.25. The Labute approximate surface area is 157 Å². The molecule has 0 atom stereocenters. The van der Waals surface area contributed by atoms with Gasteiger partial charge in [0.25, 0.3) is 0 Å². The SMILES string of the molecule is Cc1nc2ccc(Oc3ccccc3)cc2c2c1CCN2CC(=O)O.Cl. The number of para-hydroxylation sites is 1. The Kier molecular flexibility index (Phi) is 5.00. The van der Waals surface area contributed by atoms with Gasteiger partial charge in [-0.3, -0.25) is 9.78 Å². The second-order valence-electron chi connectivity index (χ2n) is 6.18. The van der Waals surface area contributed by atoms with E-state index in [4.69, 9.17) is 4.74 Å². The fourth-order valence-electron chi connectivity index (χ4n) is 3.41. The molecule has 1 N–H and O–H groups in total. The number of rotatable bonds is 4. The summed E-state index contributed by atoms with van der Waals surface area (Å²) in [7, 11) is 0. The normalized spacial score (nSPS) is 12.6. The summed E-state index contributed by atoms with van der Waals surface area (Å²) in [6.45, 7) is 2.68. The number of aromatic nitrogens is 1. The minimum atomic E-state index is -0.827. The monoisotopic (exact) mass is 370 g/mol. The molecule has 0 unspecified atom stereocenters. The number of carboxylic acids is 1. The van der Waals surface area contributed by atoms with E-state index >= 15 is 0 Å². The summed E-state index contributed by atoms with van der Waals surface area (Å²) >= 11 is 0. The number of benzene rings is 2. The van der Waals surface area contributed by atoms with E-state index in [1.807, 2.05) is 60.4 Å². The molecule has 1 aliphatic rings. The van der Waals surface area contributed by atoms with Crippen LogP contribution in [0.15, 0.2) is 48.5 Å². The number of ether oxygens (including phenoxy) is 1. The maximum Gasteiger partial charge on any atom is 0.323 e. The quantitative estimate of drug-likeness (QED) is 0.745. The summed E-state index contributed by atoms with van der Waals surface area (Å²) in [5.41, 5.74) is 3.93. The number of hydrogen-bond donors (Lipinski definition) is 1. The number of aliphatic carboxylic acids is 1. The molecular weight excluding hydrogens is 352 g/mol. The Bertz CT molecular complexity index is 960. The molecule has 0 amide bonds. The molecule has 134 valence electrons. The van der Waals surface area contributed by atoms with Gasteiger partial charge in [-0.1, -0.05) is 18.2 Å². The van der Waals surface area contributed by atoms with Crippen LogP contribution >= 0.6 is 12.4 Å². The zero-order chi connectivity index (χ0) is 17.4. The summed E-state index contributed by atoms with van der Waals surface area (Å²) in [5, 5.41) is 10.1. The number of hydrogen-bond acceptors (Lipinski definition) is 4. The molecule has 0 aliphatic carbocycles. The first-order valence-corrected chi connectivity index (χ1v) is 8.25. The highest BCUT2D eigenvalue weighted by molar-refractivity contribution is 5.97. The highest BCUT2D eigenvalue weighted by Gasteiger charge is 2.26. The molecule has 2 heterocycles. The van der Waals surface area contributed by atoms with Crippen molar-refractivity contribution in [1.82, 2.24) is 4.98 Å². The van der Waals surface area contributed by atoms with Crippen molar-refractivity contribution in [1.29, 1.82) is 0 Å². The molecular formula is C20H19ClN2O3. The molecule has 1 aromatic heterocycles. The first-order chi connectivity index (χ1) is 12.1. The summed E-state index contributed by atoms with van der Waals surface area (Å²) in [6, 6.07) is 15.4. The molecule has 0 radical (unpaired) electrons. The Morgan fingerprint density at radius 1 is 1.19 bits per heavy atom. The lowest BCUT2D eigenvalue weighted by atomic mass is 10.1. The van der Waals surface area contributed by atoms with E-state index < -0.39 is 5.97 Å². The fraction of sp³-hybridized carbons (Fsp3) is 0.200. The van der Waals surface area contributed by atoms with Crippen LogP contribution < -0.4 is 9.64 Å². The van der Waals surface area contributed by atoms with Gasteiger partial charge in [-0.15, -0.1) is 12.4 Å². The topological polar surface area (TPSA) is 62.7 Å². The van der Waals surface area contributed by atoms with Crippen LogP contribution in [0.3, 0.4) is 0 Å². The average molecular weight is 371 g/mol. The van der Waals surface area contributed by atoms with E-state index in [9.17, 15) is 9.90 Å². The van der Waals surface area contributed by atoms with Gasteiger partial charge in [0.05, 0.1) is 11.2 Å².